The summed E-state index contributed by atoms with van der Waals surface area (Å²) in [7, 11) is 0. The number of carbonyl (C=O) groups is 1. The molecule has 0 heterocycles. The Labute approximate surface area is 114 Å². The molecule has 0 amide bonds. The van der Waals surface area contributed by atoms with E-state index in [1.807, 2.05) is 44.2 Å². The maximum absolute atomic E-state index is 11.1. The average molecular weight is 254 g/mol. The number of ketones is 1. The maximum Gasteiger partial charge on any atom is 0.159 e. The molecule has 0 aliphatic rings. The number of Topliss-reactive ketones (excluding diaryl/α,β-unsaturated/α-hetero) is 1. The van der Waals surface area contributed by atoms with Gasteiger partial charge in [-0.1, -0.05) is 32.0 Å². The first-order valence-electron chi connectivity index (χ1n) is 6.33. The van der Waals surface area contributed by atoms with E-state index in [0.29, 0.717) is 5.56 Å². The zero-order valence-corrected chi connectivity index (χ0v) is 11.5. The average Bonchev–Trinajstić information content (AvgIpc) is 2.49. The summed E-state index contributed by atoms with van der Waals surface area (Å²) in [4.78, 5) is 11.1. The molecule has 19 heavy (non-hydrogen) atoms. The van der Waals surface area contributed by atoms with Crippen molar-refractivity contribution in [2.75, 3.05) is 0 Å². The minimum absolute atomic E-state index is 0.0524. The zero-order valence-electron chi connectivity index (χ0n) is 11.5. The largest absolute Gasteiger partial charge is 0.295 e. The van der Waals surface area contributed by atoms with Gasteiger partial charge >= 0.3 is 0 Å². The van der Waals surface area contributed by atoms with Crippen LogP contribution in [0.15, 0.2) is 64.8 Å². The smallest absolute Gasteiger partial charge is 0.159 e. The normalized spacial score (nSPS) is 9.84. The third kappa shape index (κ3) is 4.84. The summed E-state index contributed by atoms with van der Waals surface area (Å²) >= 11 is 0. The highest BCUT2D eigenvalue weighted by Gasteiger charge is 1.97. The molecule has 0 aromatic heterocycles. The molecule has 2 rings (SSSR count). The van der Waals surface area contributed by atoms with Gasteiger partial charge in [0.1, 0.15) is 0 Å². The number of benzene rings is 2. The van der Waals surface area contributed by atoms with Crippen LogP contribution in [0.25, 0.3) is 0 Å². The lowest BCUT2D eigenvalue weighted by Crippen LogP contribution is -1.89. The van der Waals surface area contributed by atoms with E-state index in [1.54, 1.807) is 31.2 Å². The van der Waals surface area contributed by atoms with E-state index >= 15 is 0 Å². The summed E-state index contributed by atoms with van der Waals surface area (Å²) < 4.78 is 0. The van der Waals surface area contributed by atoms with Gasteiger partial charge < -0.3 is 0 Å². The van der Waals surface area contributed by atoms with Crippen molar-refractivity contribution in [3.05, 3.63) is 60.2 Å². The van der Waals surface area contributed by atoms with Crippen molar-refractivity contribution in [3.63, 3.8) is 0 Å². The van der Waals surface area contributed by atoms with Crippen LogP contribution in [-0.2, 0) is 0 Å². The number of hydrogen-bond acceptors (Lipinski definition) is 3. The first kappa shape index (κ1) is 14.8. The molecule has 0 aliphatic carbocycles. The van der Waals surface area contributed by atoms with Crippen molar-refractivity contribution >= 4 is 17.2 Å². The van der Waals surface area contributed by atoms with Crippen LogP contribution in [0.1, 0.15) is 31.1 Å². The Bertz CT molecular complexity index is 530. The predicted molar refractivity (Wildman–Crippen MR) is 78.4 cm³/mol. The fourth-order valence-corrected chi connectivity index (χ4v) is 1.37. The van der Waals surface area contributed by atoms with Crippen molar-refractivity contribution in [3.8, 4) is 0 Å². The van der Waals surface area contributed by atoms with Crippen LogP contribution in [-0.4, -0.2) is 5.78 Å². The molecule has 0 spiro atoms. The molecule has 0 atom stereocenters. The number of azo groups is 1. The molecule has 0 fully saturated rings. The van der Waals surface area contributed by atoms with E-state index in [1.165, 1.54) is 0 Å². The van der Waals surface area contributed by atoms with Crippen molar-refractivity contribution in [2.45, 2.75) is 20.8 Å². The maximum atomic E-state index is 11.1. The van der Waals surface area contributed by atoms with Gasteiger partial charge in [-0.05, 0) is 43.3 Å². The highest BCUT2D eigenvalue weighted by atomic mass is 16.1. The molecular weight excluding hydrogens is 236 g/mol. The fourth-order valence-electron chi connectivity index (χ4n) is 1.37. The molecule has 0 N–H and O–H groups in total. The van der Waals surface area contributed by atoms with Gasteiger partial charge in [-0.2, -0.15) is 10.2 Å². The van der Waals surface area contributed by atoms with E-state index in [-0.39, 0.29) is 5.78 Å². The summed E-state index contributed by atoms with van der Waals surface area (Å²) in [6.07, 6.45) is 0. The number of rotatable bonds is 3. The molecule has 3 heteroatoms. The van der Waals surface area contributed by atoms with Crippen LogP contribution in [0.2, 0.25) is 0 Å². The summed E-state index contributed by atoms with van der Waals surface area (Å²) in [6.45, 7) is 5.54. The van der Waals surface area contributed by atoms with Gasteiger partial charge in [0.15, 0.2) is 5.78 Å². The molecule has 0 saturated carbocycles. The van der Waals surface area contributed by atoms with Crippen molar-refractivity contribution in [2.24, 2.45) is 10.2 Å². The Kier molecular flexibility index (Phi) is 6.16. The summed E-state index contributed by atoms with van der Waals surface area (Å²) in [5.41, 5.74) is 2.23. The van der Waals surface area contributed by atoms with Crippen molar-refractivity contribution in [1.29, 1.82) is 0 Å². The lowest BCUT2D eigenvalue weighted by Gasteiger charge is -1.95. The van der Waals surface area contributed by atoms with E-state index in [0.717, 1.165) is 11.4 Å². The Morgan fingerprint density at radius 2 is 1.26 bits per heavy atom. The quantitative estimate of drug-likeness (QED) is 0.539. The molecule has 2 aromatic rings. The first-order chi connectivity index (χ1) is 9.25. The van der Waals surface area contributed by atoms with Crippen molar-refractivity contribution < 1.29 is 4.79 Å². The second kappa shape index (κ2) is 7.93. The SMILES string of the molecule is CC.CC(=O)c1ccc(N=Nc2ccccc2)cc1. The molecule has 3 nitrogen and oxygen atoms in total. The third-order valence-corrected chi connectivity index (χ3v) is 2.31. The number of carbonyl (C=O) groups excluding carboxylic acids is 1. The molecule has 0 aliphatic heterocycles. The molecule has 0 saturated heterocycles. The van der Waals surface area contributed by atoms with E-state index in [2.05, 4.69) is 10.2 Å². The Balaban J connectivity index is 0.000000861. The van der Waals surface area contributed by atoms with Crippen LogP contribution in [0.4, 0.5) is 11.4 Å². The minimum Gasteiger partial charge on any atom is -0.295 e. The van der Waals surface area contributed by atoms with Gasteiger partial charge in [-0.25, -0.2) is 0 Å². The van der Waals surface area contributed by atoms with Crippen LogP contribution in [0.5, 0.6) is 0 Å². The van der Waals surface area contributed by atoms with Crippen LogP contribution >= 0.6 is 0 Å². The standard InChI is InChI=1S/C14H12N2O.C2H6/c1-11(17)12-7-9-14(10-8-12)16-15-13-5-3-2-4-6-13;1-2/h2-10H,1H3;1-2H3. The van der Waals surface area contributed by atoms with Gasteiger partial charge in [0.2, 0.25) is 0 Å². The van der Waals surface area contributed by atoms with Crippen molar-refractivity contribution in [1.82, 2.24) is 0 Å². The summed E-state index contributed by atoms with van der Waals surface area (Å²) in [5.74, 6) is 0.0524. The van der Waals surface area contributed by atoms with Crippen LogP contribution < -0.4 is 0 Å². The topological polar surface area (TPSA) is 41.8 Å². The second-order valence-corrected chi connectivity index (χ2v) is 3.64. The van der Waals surface area contributed by atoms with Gasteiger partial charge in [-0.3, -0.25) is 4.79 Å². The molecule has 0 bridgehead atoms. The highest BCUT2D eigenvalue weighted by Crippen LogP contribution is 2.18. The summed E-state index contributed by atoms with van der Waals surface area (Å²) in [5, 5.41) is 8.18. The fraction of sp³-hybridized carbons (Fsp3) is 0.188. The lowest BCUT2D eigenvalue weighted by atomic mass is 10.1. The molecular formula is C16H18N2O. The Hall–Kier alpha value is -2.29. The molecule has 2 aromatic carbocycles. The number of hydrogen-bond donors (Lipinski definition) is 0. The van der Waals surface area contributed by atoms with Crippen LogP contribution in [0, 0.1) is 0 Å². The lowest BCUT2D eigenvalue weighted by molar-refractivity contribution is 0.101. The van der Waals surface area contributed by atoms with Crippen LogP contribution in [0.3, 0.4) is 0 Å². The zero-order chi connectivity index (χ0) is 14.1. The van der Waals surface area contributed by atoms with E-state index in [9.17, 15) is 4.79 Å². The van der Waals surface area contributed by atoms with E-state index in [4.69, 9.17) is 0 Å². The monoisotopic (exact) mass is 254 g/mol. The summed E-state index contributed by atoms with van der Waals surface area (Å²) in [6, 6.07) is 16.6. The molecule has 0 unspecified atom stereocenters. The van der Waals surface area contributed by atoms with Gasteiger partial charge in [0, 0.05) is 5.56 Å². The Morgan fingerprint density at radius 3 is 1.74 bits per heavy atom. The molecule has 98 valence electrons. The van der Waals surface area contributed by atoms with E-state index < -0.39 is 0 Å². The second-order valence-electron chi connectivity index (χ2n) is 3.64. The minimum atomic E-state index is 0.0524. The predicted octanol–water partition coefficient (Wildman–Crippen LogP) is 5.33. The van der Waals surface area contributed by atoms with Gasteiger partial charge in [0.05, 0.1) is 11.4 Å². The Morgan fingerprint density at radius 1 is 0.789 bits per heavy atom. The molecule has 0 radical (unpaired) electrons. The highest BCUT2D eigenvalue weighted by molar-refractivity contribution is 5.94. The van der Waals surface area contributed by atoms with Gasteiger partial charge in [-0.15, -0.1) is 0 Å². The van der Waals surface area contributed by atoms with Gasteiger partial charge in [0.25, 0.3) is 0 Å². The third-order valence-electron chi connectivity index (χ3n) is 2.31. The number of nitrogens with zero attached hydrogens (tertiary/aromatic N) is 2. The first-order valence-corrected chi connectivity index (χ1v) is 6.33.